The van der Waals surface area contributed by atoms with Gasteiger partial charge < -0.3 is 10.1 Å². The lowest BCUT2D eigenvalue weighted by Gasteiger charge is -2.17. The summed E-state index contributed by atoms with van der Waals surface area (Å²) in [7, 11) is 0. The molecule has 128 valence electrons. The van der Waals surface area contributed by atoms with Crippen LogP contribution >= 0.6 is 11.6 Å². The maximum absolute atomic E-state index is 12.3. The fourth-order valence-corrected chi connectivity index (χ4v) is 2.59. The predicted octanol–water partition coefficient (Wildman–Crippen LogP) is 5.57. The van der Waals surface area contributed by atoms with E-state index in [2.05, 4.69) is 31.3 Å². The molecule has 1 N–H and O–H groups in total. The van der Waals surface area contributed by atoms with E-state index in [0.717, 1.165) is 17.7 Å². The van der Waals surface area contributed by atoms with Gasteiger partial charge in [-0.15, -0.1) is 0 Å². The molecule has 2 aromatic carbocycles. The molecule has 2 aromatic rings. The van der Waals surface area contributed by atoms with Crippen LogP contribution in [0.25, 0.3) is 0 Å². The second-order valence-corrected chi connectivity index (χ2v) is 6.53. The maximum atomic E-state index is 12.3. The Morgan fingerprint density at radius 1 is 1.17 bits per heavy atom. The van der Waals surface area contributed by atoms with Crippen molar-refractivity contribution < 1.29 is 9.53 Å². The molecule has 0 aliphatic heterocycles. The van der Waals surface area contributed by atoms with Gasteiger partial charge in [0, 0.05) is 10.7 Å². The summed E-state index contributed by atoms with van der Waals surface area (Å²) in [4.78, 5) is 12.3. The summed E-state index contributed by atoms with van der Waals surface area (Å²) in [6.45, 7) is 7.99. The van der Waals surface area contributed by atoms with Crippen LogP contribution in [0.15, 0.2) is 42.5 Å². The van der Waals surface area contributed by atoms with Crippen LogP contribution < -0.4 is 10.1 Å². The summed E-state index contributed by atoms with van der Waals surface area (Å²) in [5, 5.41) is 3.54. The van der Waals surface area contributed by atoms with Crippen LogP contribution in [0.3, 0.4) is 0 Å². The van der Waals surface area contributed by atoms with Crippen LogP contribution in [0, 0.1) is 6.92 Å². The summed E-state index contributed by atoms with van der Waals surface area (Å²) >= 11 is 5.93. The number of benzene rings is 2. The fraction of sp³-hybridized carbons (Fsp3) is 0.350. The zero-order valence-corrected chi connectivity index (χ0v) is 15.4. The highest BCUT2D eigenvalue weighted by molar-refractivity contribution is 6.30. The zero-order valence-electron chi connectivity index (χ0n) is 14.6. The van der Waals surface area contributed by atoms with Crippen molar-refractivity contribution in [3.05, 3.63) is 58.6 Å². The number of aryl methyl sites for hydroxylation is 1. The number of rotatable bonds is 6. The fourth-order valence-electron chi connectivity index (χ4n) is 2.36. The smallest absolute Gasteiger partial charge is 0.265 e. The highest BCUT2D eigenvalue weighted by Crippen LogP contribution is 2.24. The minimum Gasteiger partial charge on any atom is -0.481 e. The molecule has 3 nitrogen and oxygen atoms in total. The van der Waals surface area contributed by atoms with Crippen LogP contribution in [-0.2, 0) is 4.79 Å². The number of carbonyl (C=O) groups excluding carboxylic acids is 1. The average molecular weight is 346 g/mol. The van der Waals surface area contributed by atoms with Crippen LogP contribution in [0.5, 0.6) is 5.75 Å². The van der Waals surface area contributed by atoms with E-state index < -0.39 is 6.10 Å². The first-order valence-electron chi connectivity index (χ1n) is 8.24. The van der Waals surface area contributed by atoms with Gasteiger partial charge in [0.1, 0.15) is 5.75 Å². The van der Waals surface area contributed by atoms with Gasteiger partial charge in [-0.2, -0.15) is 0 Å². The summed E-state index contributed by atoms with van der Waals surface area (Å²) in [5.41, 5.74) is 2.95. The van der Waals surface area contributed by atoms with Crippen LogP contribution in [0.1, 0.15) is 44.2 Å². The number of nitrogens with one attached hydrogen (secondary N) is 1. The number of anilines is 1. The molecule has 0 unspecified atom stereocenters. The highest BCUT2D eigenvalue weighted by Gasteiger charge is 2.16. The molecule has 4 heteroatoms. The Hall–Kier alpha value is -2.00. The molecular formula is C20H24ClNO2. The number of halogens is 1. The molecule has 0 aliphatic carbocycles. The molecular weight excluding hydrogens is 322 g/mol. The van der Waals surface area contributed by atoms with E-state index >= 15 is 0 Å². The molecule has 0 aromatic heterocycles. The molecule has 2 atom stereocenters. The van der Waals surface area contributed by atoms with Crippen LogP contribution in [-0.4, -0.2) is 12.0 Å². The van der Waals surface area contributed by atoms with Crippen molar-refractivity contribution in [1.82, 2.24) is 0 Å². The van der Waals surface area contributed by atoms with Gasteiger partial charge in [0.05, 0.1) is 0 Å². The molecule has 2 rings (SSSR count). The summed E-state index contributed by atoms with van der Waals surface area (Å²) in [6.07, 6.45) is 0.496. The molecule has 1 amide bonds. The van der Waals surface area contributed by atoms with E-state index in [1.54, 1.807) is 19.1 Å². The minimum atomic E-state index is -0.598. The largest absolute Gasteiger partial charge is 0.481 e. The number of hydrogen-bond donors (Lipinski definition) is 1. The quantitative estimate of drug-likeness (QED) is 0.743. The van der Waals surface area contributed by atoms with Gasteiger partial charge >= 0.3 is 0 Å². The number of hydrogen-bond acceptors (Lipinski definition) is 2. The number of ether oxygens (including phenoxy) is 1. The standard InChI is InChI=1S/C20H24ClNO2/c1-5-13(2)16-6-9-18(10-7-16)22-20(23)15(4)24-19-11-8-17(21)12-14(19)3/h6-13,15H,5H2,1-4H3,(H,22,23)/t13-,15+/m0/s1. The third kappa shape index (κ3) is 4.75. The van der Waals surface area contributed by atoms with Gasteiger partial charge in [-0.05, 0) is 67.6 Å². The first-order chi connectivity index (χ1) is 11.4. The number of carbonyl (C=O) groups is 1. The second kappa shape index (κ2) is 8.20. The van der Waals surface area contributed by atoms with Gasteiger partial charge in [-0.3, -0.25) is 4.79 Å². The van der Waals surface area contributed by atoms with Crippen LogP contribution in [0.4, 0.5) is 5.69 Å². The van der Waals surface area contributed by atoms with Crippen molar-refractivity contribution in [2.24, 2.45) is 0 Å². The van der Waals surface area contributed by atoms with E-state index in [9.17, 15) is 4.79 Å². The topological polar surface area (TPSA) is 38.3 Å². The summed E-state index contributed by atoms with van der Waals surface area (Å²) in [6, 6.07) is 13.3. The van der Waals surface area contributed by atoms with Gasteiger partial charge in [0.25, 0.3) is 5.91 Å². The van der Waals surface area contributed by atoms with Crippen molar-refractivity contribution in [3.8, 4) is 5.75 Å². The third-order valence-electron chi connectivity index (χ3n) is 4.17. The molecule has 0 saturated carbocycles. The monoisotopic (exact) mass is 345 g/mol. The number of amides is 1. The Morgan fingerprint density at radius 2 is 1.83 bits per heavy atom. The predicted molar refractivity (Wildman–Crippen MR) is 100 cm³/mol. The van der Waals surface area contributed by atoms with Gasteiger partial charge in [-0.1, -0.05) is 37.6 Å². The SMILES string of the molecule is CC[C@H](C)c1ccc(NC(=O)[C@@H](C)Oc2ccc(Cl)cc2C)cc1. The molecule has 0 bridgehead atoms. The lowest BCUT2D eigenvalue weighted by molar-refractivity contribution is -0.122. The second-order valence-electron chi connectivity index (χ2n) is 6.09. The van der Waals surface area contributed by atoms with Crippen molar-refractivity contribution >= 4 is 23.2 Å². The van der Waals surface area contributed by atoms with Crippen molar-refractivity contribution in [1.29, 1.82) is 0 Å². The zero-order chi connectivity index (χ0) is 17.7. The average Bonchev–Trinajstić information content (AvgIpc) is 2.57. The minimum absolute atomic E-state index is 0.180. The third-order valence-corrected chi connectivity index (χ3v) is 4.40. The van der Waals surface area contributed by atoms with Crippen molar-refractivity contribution in [3.63, 3.8) is 0 Å². The first-order valence-corrected chi connectivity index (χ1v) is 8.62. The lowest BCUT2D eigenvalue weighted by Crippen LogP contribution is -2.30. The van der Waals surface area contributed by atoms with E-state index in [-0.39, 0.29) is 5.91 Å². The maximum Gasteiger partial charge on any atom is 0.265 e. The van der Waals surface area contributed by atoms with E-state index in [1.807, 2.05) is 25.1 Å². The summed E-state index contributed by atoms with van der Waals surface area (Å²) in [5.74, 6) is 1.000. The van der Waals surface area contributed by atoms with Crippen molar-refractivity contribution in [2.45, 2.75) is 46.1 Å². The molecule has 0 fully saturated rings. The van der Waals surface area contributed by atoms with E-state index in [4.69, 9.17) is 16.3 Å². The molecule has 0 spiro atoms. The molecule has 0 aliphatic rings. The molecule has 0 heterocycles. The Kier molecular flexibility index (Phi) is 6.27. The Morgan fingerprint density at radius 3 is 2.42 bits per heavy atom. The van der Waals surface area contributed by atoms with Crippen LogP contribution in [0.2, 0.25) is 5.02 Å². The Balaban J connectivity index is 1.98. The van der Waals surface area contributed by atoms with E-state index in [0.29, 0.717) is 16.7 Å². The first kappa shape index (κ1) is 18.3. The van der Waals surface area contributed by atoms with Gasteiger partial charge in [0.15, 0.2) is 6.10 Å². The van der Waals surface area contributed by atoms with E-state index in [1.165, 1.54) is 5.56 Å². The molecule has 24 heavy (non-hydrogen) atoms. The Bertz CT molecular complexity index is 697. The summed E-state index contributed by atoms with van der Waals surface area (Å²) < 4.78 is 5.74. The Labute approximate surface area is 149 Å². The van der Waals surface area contributed by atoms with Gasteiger partial charge in [-0.25, -0.2) is 0 Å². The van der Waals surface area contributed by atoms with Crippen molar-refractivity contribution in [2.75, 3.05) is 5.32 Å². The normalized spacial score (nSPS) is 13.2. The molecule has 0 radical (unpaired) electrons. The molecule has 0 saturated heterocycles. The van der Waals surface area contributed by atoms with Gasteiger partial charge in [0.2, 0.25) is 0 Å². The highest BCUT2D eigenvalue weighted by atomic mass is 35.5. The lowest BCUT2D eigenvalue weighted by atomic mass is 9.99.